The average Bonchev–Trinajstić information content (AvgIpc) is 3.16. The summed E-state index contributed by atoms with van der Waals surface area (Å²) < 4.78 is 7.38. The van der Waals surface area contributed by atoms with Gasteiger partial charge in [0.05, 0.1) is 24.4 Å². The van der Waals surface area contributed by atoms with Gasteiger partial charge in [-0.05, 0) is 31.2 Å². The minimum absolute atomic E-state index is 0.180. The lowest BCUT2D eigenvalue weighted by atomic mass is 10.1. The van der Waals surface area contributed by atoms with Gasteiger partial charge in [-0.25, -0.2) is 9.78 Å². The summed E-state index contributed by atoms with van der Waals surface area (Å²) in [6.07, 6.45) is 3.46. The van der Waals surface area contributed by atoms with E-state index in [2.05, 4.69) is 24.8 Å². The van der Waals surface area contributed by atoms with Crippen molar-refractivity contribution in [3.05, 3.63) is 53.2 Å². The summed E-state index contributed by atoms with van der Waals surface area (Å²) in [7, 11) is 0. The fourth-order valence-corrected chi connectivity index (χ4v) is 4.41. The number of H-pyrrole nitrogens is 1. The molecule has 5 rings (SSSR count). The number of anilines is 1. The Labute approximate surface area is 184 Å². The van der Waals surface area contributed by atoms with Crippen molar-refractivity contribution in [1.82, 2.24) is 24.4 Å². The van der Waals surface area contributed by atoms with E-state index in [4.69, 9.17) is 4.74 Å². The number of fused-ring (bicyclic) bond motifs is 2. The quantitative estimate of drug-likeness (QED) is 0.477. The summed E-state index contributed by atoms with van der Waals surface area (Å²) in [6, 6.07) is 9.65. The first-order chi connectivity index (χ1) is 15.7. The van der Waals surface area contributed by atoms with Gasteiger partial charge in [-0.2, -0.15) is 0 Å². The van der Waals surface area contributed by atoms with Crippen LogP contribution in [0.3, 0.4) is 0 Å². The summed E-state index contributed by atoms with van der Waals surface area (Å²) in [5.41, 5.74) is 3.56. The van der Waals surface area contributed by atoms with Crippen LogP contribution in [0.2, 0.25) is 0 Å². The normalized spacial score (nSPS) is 15.0. The molecule has 0 radical (unpaired) electrons. The number of pyridine rings is 2. The zero-order valence-electron chi connectivity index (χ0n) is 18.0. The molecule has 166 valence electrons. The third-order valence-corrected chi connectivity index (χ3v) is 5.93. The van der Waals surface area contributed by atoms with E-state index < -0.39 is 0 Å². The fraction of sp³-hybridized carbons (Fsp3) is 0.348. The number of nitrogens with one attached hydrogen (secondary N) is 1. The number of nitrogens with zero attached hydrogens (tertiary/aromatic N) is 5. The lowest BCUT2D eigenvalue weighted by Crippen LogP contribution is -2.47. The van der Waals surface area contributed by atoms with Crippen molar-refractivity contribution in [2.75, 3.05) is 50.8 Å². The molecule has 1 aliphatic rings. The molecule has 9 nitrogen and oxygen atoms in total. The Morgan fingerprint density at radius 3 is 2.69 bits per heavy atom. The van der Waals surface area contributed by atoms with Gasteiger partial charge in [0.2, 0.25) is 0 Å². The van der Waals surface area contributed by atoms with Crippen molar-refractivity contribution < 1.29 is 9.84 Å². The first-order valence-corrected chi connectivity index (χ1v) is 10.9. The van der Waals surface area contributed by atoms with Gasteiger partial charge < -0.3 is 14.7 Å². The molecule has 3 aromatic heterocycles. The van der Waals surface area contributed by atoms with Crippen molar-refractivity contribution in [2.45, 2.75) is 6.92 Å². The smallest absolute Gasteiger partial charge is 0.332 e. The summed E-state index contributed by atoms with van der Waals surface area (Å²) >= 11 is 0. The fourth-order valence-electron chi connectivity index (χ4n) is 4.41. The van der Waals surface area contributed by atoms with E-state index in [9.17, 15) is 9.90 Å². The summed E-state index contributed by atoms with van der Waals surface area (Å²) in [6.45, 7) is 6.82. The lowest BCUT2D eigenvalue weighted by molar-refractivity contribution is 0.189. The number of hydrogen-bond acceptors (Lipinski definition) is 7. The van der Waals surface area contributed by atoms with E-state index in [0.29, 0.717) is 30.1 Å². The highest BCUT2D eigenvalue weighted by molar-refractivity contribution is 5.93. The Bertz CT molecular complexity index is 1310. The molecule has 0 unspecified atom stereocenters. The number of rotatable bonds is 6. The van der Waals surface area contributed by atoms with Gasteiger partial charge in [-0.1, -0.05) is 0 Å². The van der Waals surface area contributed by atoms with E-state index in [0.717, 1.165) is 48.5 Å². The van der Waals surface area contributed by atoms with E-state index in [1.165, 1.54) is 0 Å². The van der Waals surface area contributed by atoms with E-state index in [1.807, 2.05) is 37.4 Å². The second kappa shape index (κ2) is 8.60. The molecule has 1 aromatic carbocycles. The van der Waals surface area contributed by atoms with Crippen LogP contribution in [0.15, 0.2) is 47.5 Å². The van der Waals surface area contributed by atoms with Gasteiger partial charge in [-0.3, -0.25) is 19.4 Å². The Morgan fingerprint density at radius 1 is 1.09 bits per heavy atom. The lowest BCUT2D eigenvalue weighted by Gasteiger charge is -2.36. The molecule has 0 aliphatic carbocycles. The first-order valence-electron chi connectivity index (χ1n) is 10.9. The number of imidazole rings is 1. The minimum atomic E-state index is -0.262. The zero-order chi connectivity index (χ0) is 22.1. The maximum absolute atomic E-state index is 12.9. The molecule has 0 atom stereocenters. The molecule has 4 aromatic rings. The van der Waals surface area contributed by atoms with Gasteiger partial charge in [0, 0.05) is 62.3 Å². The average molecular weight is 435 g/mol. The predicted octanol–water partition coefficient (Wildman–Crippen LogP) is 1.77. The molecule has 0 saturated carbocycles. The molecule has 0 amide bonds. The van der Waals surface area contributed by atoms with Crippen LogP contribution >= 0.6 is 0 Å². The van der Waals surface area contributed by atoms with Crippen LogP contribution in [0, 0.1) is 0 Å². The Hall–Kier alpha value is -3.43. The number of β-amino-alcohol motifs (C(OH)–C–C–N with tert-alkyl or cyclic N) is 1. The first kappa shape index (κ1) is 20.5. The third-order valence-electron chi connectivity index (χ3n) is 5.93. The molecule has 1 fully saturated rings. The molecular weight excluding hydrogens is 408 g/mol. The summed E-state index contributed by atoms with van der Waals surface area (Å²) in [5.74, 6) is 0.613. The van der Waals surface area contributed by atoms with Crippen LogP contribution in [0.5, 0.6) is 5.75 Å². The second-order valence-corrected chi connectivity index (χ2v) is 7.79. The van der Waals surface area contributed by atoms with Crippen LogP contribution in [0.4, 0.5) is 5.69 Å². The topological polar surface area (TPSA) is 99.5 Å². The minimum Gasteiger partial charge on any atom is -0.491 e. The highest BCUT2D eigenvalue weighted by Crippen LogP contribution is 2.30. The van der Waals surface area contributed by atoms with Crippen molar-refractivity contribution in [3.63, 3.8) is 0 Å². The van der Waals surface area contributed by atoms with E-state index in [-0.39, 0.29) is 12.3 Å². The van der Waals surface area contributed by atoms with Gasteiger partial charge in [-0.15, -0.1) is 0 Å². The second-order valence-electron chi connectivity index (χ2n) is 7.79. The Morgan fingerprint density at radius 2 is 1.91 bits per heavy atom. The number of ether oxygens (including phenoxy) is 1. The maximum atomic E-state index is 12.9. The molecule has 4 heterocycles. The largest absolute Gasteiger partial charge is 0.491 e. The van der Waals surface area contributed by atoms with Crippen LogP contribution in [0.25, 0.3) is 27.8 Å². The zero-order valence-corrected chi connectivity index (χ0v) is 18.0. The van der Waals surface area contributed by atoms with Gasteiger partial charge in [0.15, 0.2) is 5.65 Å². The highest BCUT2D eigenvalue weighted by Gasteiger charge is 2.20. The van der Waals surface area contributed by atoms with E-state index in [1.54, 1.807) is 16.8 Å². The molecule has 1 saturated heterocycles. The van der Waals surface area contributed by atoms with Gasteiger partial charge in [0.1, 0.15) is 11.3 Å². The number of piperazine rings is 1. The van der Waals surface area contributed by atoms with Gasteiger partial charge >= 0.3 is 5.69 Å². The molecule has 0 bridgehead atoms. The number of aliphatic hydroxyl groups excluding tert-OH is 1. The molecule has 1 aliphatic heterocycles. The number of aromatic amines is 1. The third kappa shape index (κ3) is 3.59. The van der Waals surface area contributed by atoms with E-state index >= 15 is 0 Å². The predicted molar refractivity (Wildman–Crippen MR) is 124 cm³/mol. The molecule has 0 spiro atoms. The Balaban J connectivity index is 1.60. The van der Waals surface area contributed by atoms with Crippen LogP contribution < -0.4 is 15.3 Å². The maximum Gasteiger partial charge on any atom is 0.332 e. The van der Waals surface area contributed by atoms with Gasteiger partial charge in [0.25, 0.3) is 0 Å². The summed E-state index contributed by atoms with van der Waals surface area (Å²) in [4.78, 5) is 29.2. The highest BCUT2D eigenvalue weighted by atomic mass is 16.5. The van der Waals surface area contributed by atoms with Crippen molar-refractivity contribution >= 4 is 27.8 Å². The molecule has 9 heteroatoms. The van der Waals surface area contributed by atoms with Crippen molar-refractivity contribution in [3.8, 4) is 11.4 Å². The standard InChI is InChI=1S/C23H26N6O3/c1-2-32-20-6-8-25-22-21(20)29(23(31)26-22)16-3-4-18-17(15-16)19(5-7-24-18)28-11-9-27(10-12-28)13-14-30/h3-8,15,30H,2,9-14H2,1H3,(H,25,26,31). The SMILES string of the molecule is CCOc1ccnc2[nH]c(=O)n(-c3ccc4nccc(N5CCN(CCO)CC5)c4c3)c12. The summed E-state index contributed by atoms with van der Waals surface area (Å²) in [5, 5.41) is 10.2. The molecule has 2 N–H and O–H groups in total. The number of benzene rings is 1. The molecule has 32 heavy (non-hydrogen) atoms. The number of aliphatic hydroxyl groups is 1. The molecular formula is C23H26N6O3. The van der Waals surface area contributed by atoms with Crippen molar-refractivity contribution in [1.29, 1.82) is 0 Å². The van der Waals surface area contributed by atoms with Crippen molar-refractivity contribution in [2.24, 2.45) is 0 Å². The number of hydrogen-bond donors (Lipinski definition) is 2. The number of aromatic nitrogens is 4. The van der Waals surface area contributed by atoms with Crippen LogP contribution in [-0.4, -0.2) is 75.5 Å². The Kier molecular flexibility index (Phi) is 5.50. The van der Waals surface area contributed by atoms with Crippen LogP contribution in [-0.2, 0) is 0 Å². The van der Waals surface area contributed by atoms with Crippen LogP contribution in [0.1, 0.15) is 6.92 Å². The monoisotopic (exact) mass is 434 g/mol.